The van der Waals surface area contributed by atoms with Gasteiger partial charge in [0.25, 0.3) is 0 Å². The van der Waals surface area contributed by atoms with Crippen molar-refractivity contribution < 1.29 is 15.3 Å². The number of fused-ring (bicyclic) bond motifs is 7. The Labute approximate surface area is 202 Å². The lowest BCUT2D eigenvalue weighted by atomic mass is 9.33. The molecule has 0 aliphatic heterocycles. The average molecular weight is 459 g/mol. The topological polar surface area (TPSA) is 60.7 Å². The van der Waals surface area contributed by atoms with E-state index in [2.05, 4.69) is 54.5 Å². The molecule has 2 unspecified atom stereocenters. The van der Waals surface area contributed by atoms with Crippen molar-refractivity contribution in [3.63, 3.8) is 0 Å². The molecule has 4 saturated carbocycles. The molecule has 0 aromatic carbocycles. The zero-order valence-electron chi connectivity index (χ0n) is 22.4. The molecule has 9 atom stereocenters. The smallest absolute Gasteiger partial charge is 0.0632 e. The van der Waals surface area contributed by atoms with Gasteiger partial charge in [0, 0.05) is 5.41 Å². The molecule has 33 heavy (non-hydrogen) atoms. The molecule has 0 amide bonds. The standard InChI is InChI=1S/C30H50O3/c1-25(2)14-15-30(18-31)20(16-25)19-8-9-22-27(5)12-11-23(32)26(3,4)21(27)10-13-28(22,6)29(19,7)17-24(30)33/h8,20-24,31-33H,9-18H2,1-7H3/t20-,21?,22?,23-,24-,27-,28+,29+,30+/m0/s1. The van der Waals surface area contributed by atoms with E-state index in [-0.39, 0.29) is 51.1 Å². The van der Waals surface area contributed by atoms with E-state index in [1.54, 1.807) is 5.57 Å². The quantitative estimate of drug-likeness (QED) is 0.415. The van der Waals surface area contributed by atoms with Crippen LogP contribution in [0, 0.1) is 50.2 Å². The van der Waals surface area contributed by atoms with Crippen LogP contribution in [0.3, 0.4) is 0 Å². The van der Waals surface area contributed by atoms with Gasteiger partial charge in [-0.1, -0.05) is 60.1 Å². The third-order valence-corrected chi connectivity index (χ3v) is 13.2. The van der Waals surface area contributed by atoms with Crippen LogP contribution in [-0.2, 0) is 0 Å². The Hall–Kier alpha value is -0.380. The lowest BCUT2D eigenvalue weighted by Crippen LogP contribution is -2.67. The summed E-state index contributed by atoms with van der Waals surface area (Å²) in [6.45, 7) is 17.0. The molecule has 3 nitrogen and oxygen atoms in total. The van der Waals surface area contributed by atoms with Gasteiger partial charge in [0.05, 0.1) is 18.8 Å². The van der Waals surface area contributed by atoms with Gasteiger partial charge in [-0.15, -0.1) is 0 Å². The second-order valence-corrected chi connectivity index (χ2v) is 15.2. The van der Waals surface area contributed by atoms with E-state index in [1.807, 2.05) is 0 Å². The summed E-state index contributed by atoms with van der Waals surface area (Å²) in [5.41, 5.74) is 1.78. The molecule has 5 rings (SSSR count). The minimum Gasteiger partial charge on any atom is -0.396 e. The number of allylic oxidation sites excluding steroid dienone is 2. The number of hydrogen-bond acceptors (Lipinski definition) is 3. The summed E-state index contributed by atoms with van der Waals surface area (Å²) in [6, 6.07) is 0. The van der Waals surface area contributed by atoms with Crippen LogP contribution in [0.4, 0.5) is 0 Å². The van der Waals surface area contributed by atoms with Crippen LogP contribution in [0.25, 0.3) is 0 Å². The summed E-state index contributed by atoms with van der Waals surface area (Å²) >= 11 is 0. The van der Waals surface area contributed by atoms with E-state index < -0.39 is 6.10 Å². The van der Waals surface area contributed by atoms with Crippen molar-refractivity contribution in [1.29, 1.82) is 0 Å². The molecule has 0 saturated heterocycles. The predicted molar refractivity (Wildman–Crippen MR) is 134 cm³/mol. The van der Waals surface area contributed by atoms with Crippen LogP contribution in [0.1, 0.15) is 106 Å². The van der Waals surface area contributed by atoms with Gasteiger partial charge >= 0.3 is 0 Å². The van der Waals surface area contributed by atoms with Gasteiger partial charge in [-0.25, -0.2) is 0 Å². The minimum atomic E-state index is -0.434. The summed E-state index contributed by atoms with van der Waals surface area (Å²) in [5, 5.41) is 33.3. The Morgan fingerprint density at radius 3 is 2.18 bits per heavy atom. The van der Waals surface area contributed by atoms with E-state index >= 15 is 0 Å². The summed E-state index contributed by atoms with van der Waals surface area (Å²) < 4.78 is 0. The fraction of sp³-hybridized carbons (Fsp3) is 0.933. The maximum atomic E-state index is 11.7. The zero-order valence-corrected chi connectivity index (χ0v) is 22.4. The number of aliphatic hydroxyl groups is 3. The SMILES string of the molecule is CC1(C)CC[C@]2(CO)[C@@H](O)C[C@]3(C)C(=CCC4[C@@]5(C)CC[C@H](O)C(C)(C)C5CC[C@]43C)[C@@H]2C1. The van der Waals surface area contributed by atoms with Crippen LogP contribution in [0.5, 0.6) is 0 Å². The van der Waals surface area contributed by atoms with Crippen LogP contribution >= 0.6 is 0 Å². The van der Waals surface area contributed by atoms with Gasteiger partial charge in [0.15, 0.2) is 0 Å². The largest absolute Gasteiger partial charge is 0.396 e. The molecule has 3 N–H and O–H groups in total. The van der Waals surface area contributed by atoms with Crippen molar-refractivity contribution in [2.24, 2.45) is 50.2 Å². The minimum absolute atomic E-state index is 0.0275. The van der Waals surface area contributed by atoms with Crippen LogP contribution in [0.2, 0.25) is 0 Å². The molecule has 188 valence electrons. The molecular weight excluding hydrogens is 408 g/mol. The van der Waals surface area contributed by atoms with Gasteiger partial charge < -0.3 is 15.3 Å². The van der Waals surface area contributed by atoms with Gasteiger partial charge in [0.1, 0.15) is 0 Å². The van der Waals surface area contributed by atoms with Crippen LogP contribution in [-0.4, -0.2) is 34.1 Å². The Bertz CT molecular complexity index is 843. The highest BCUT2D eigenvalue weighted by Gasteiger charge is 2.69. The second-order valence-electron chi connectivity index (χ2n) is 15.2. The van der Waals surface area contributed by atoms with Gasteiger partial charge in [-0.05, 0) is 103 Å². The van der Waals surface area contributed by atoms with Crippen LogP contribution < -0.4 is 0 Å². The van der Waals surface area contributed by atoms with E-state index in [9.17, 15) is 15.3 Å². The van der Waals surface area contributed by atoms with Crippen molar-refractivity contribution >= 4 is 0 Å². The Morgan fingerprint density at radius 1 is 0.818 bits per heavy atom. The predicted octanol–water partition coefficient (Wildman–Crippen LogP) is 6.11. The lowest BCUT2D eigenvalue weighted by molar-refractivity contribution is -0.218. The molecule has 0 radical (unpaired) electrons. The van der Waals surface area contributed by atoms with Crippen molar-refractivity contribution in [1.82, 2.24) is 0 Å². The molecule has 0 aromatic heterocycles. The maximum Gasteiger partial charge on any atom is 0.0632 e. The molecule has 5 aliphatic rings. The lowest BCUT2D eigenvalue weighted by Gasteiger charge is -2.72. The molecule has 5 aliphatic carbocycles. The number of rotatable bonds is 1. The highest BCUT2D eigenvalue weighted by atomic mass is 16.3. The number of hydrogen-bond donors (Lipinski definition) is 3. The van der Waals surface area contributed by atoms with Crippen molar-refractivity contribution in [3.05, 3.63) is 11.6 Å². The molecule has 0 spiro atoms. The maximum absolute atomic E-state index is 11.7. The monoisotopic (exact) mass is 458 g/mol. The first-order valence-corrected chi connectivity index (χ1v) is 13.9. The molecular formula is C30H50O3. The first-order chi connectivity index (χ1) is 15.2. The first-order valence-electron chi connectivity index (χ1n) is 13.9. The molecule has 0 aromatic rings. The van der Waals surface area contributed by atoms with Crippen molar-refractivity contribution in [3.8, 4) is 0 Å². The molecule has 3 heteroatoms. The van der Waals surface area contributed by atoms with Crippen molar-refractivity contribution in [2.75, 3.05) is 6.61 Å². The molecule has 0 heterocycles. The fourth-order valence-electron chi connectivity index (χ4n) is 10.7. The third-order valence-electron chi connectivity index (χ3n) is 13.2. The van der Waals surface area contributed by atoms with Crippen molar-refractivity contribution in [2.45, 2.75) is 118 Å². The van der Waals surface area contributed by atoms with E-state index in [1.165, 1.54) is 12.8 Å². The third kappa shape index (κ3) is 2.91. The zero-order chi connectivity index (χ0) is 24.2. The Kier molecular flexibility index (Phi) is 5.23. The fourth-order valence-corrected chi connectivity index (χ4v) is 10.7. The summed E-state index contributed by atoms with van der Waals surface area (Å²) in [6.07, 6.45) is 11.3. The van der Waals surface area contributed by atoms with Gasteiger partial charge in [-0.3, -0.25) is 0 Å². The van der Waals surface area contributed by atoms with Crippen LogP contribution in [0.15, 0.2) is 11.6 Å². The second kappa shape index (κ2) is 7.10. The van der Waals surface area contributed by atoms with E-state index in [4.69, 9.17) is 0 Å². The Morgan fingerprint density at radius 2 is 1.52 bits per heavy atom. The summed E-state index contributed by atoms with van der Waals surface area (Å²) in [7, 11) is 0. The van der Waals surface area contributed by atoms with Gasteiger partial charge in [-0.2, -0.15) is 0 Å². The molecule has 4 fully saturated rings. The highest BCUT2D eigenvalue weighted by Crippen LogP contribution is 2.75. The normalized spacial score (nSPS) is 54.8. The first kappa shape index (κ1) is 24.3. The Balaban J connectivity index is 1.61. The molecule has 0 bridgehead atoms. The van der Waals surface area contributed by atoms with Gasteiger partial charge in [0.2, 0.25) is 0 Å². The average Bonchev–Trinajstić information content (AvgIpc) is 2.71. The summed E-state index contributed by atoms with van der Waals surface area (Å²) in [4.78, 5) is 0. The number of aliphatic hydroxyl groups excluding tert-OH is 3. The van der Waals surface area contributed by atoms with E-state index in [0.29, 0.717) is 11.8 Å². The van der Waals surface area contributed by atoms with E-state index in [0.717, 1.165) is 44.9 Å². The summed E-state index contributed by atoms with van der Waals surface area (Å²) in [5.74, 6) is 1.41. The highest BCUT2D eigenvalue weighted by molar-refractivity contribution is 5.35.